The summed E-state index contributed by atoms with van der Waals surface area (Å²) >= 11 is 5.86. The molecule has 112 valence electrons. The molecule has 0 spiro atoms. The number of hydrogen-bond donors (Lipinski definition) is 1. The molecule has 0 amide bonds. The molecule has 1 unspecified atom stereocenters. The van der Waals surface area contributed by atoms with Gasteiger partial charge in [0.05, 0.1) is 6.10 Å². The van der Waals surface area contributed by atoms with Crippen molar-refractivity contribution in [2.75, 3.05) is 13.1 Å². The molecule has 0 saturated carbocycles. The Bertz CT molecular complexity index is 530. The highest BCUT2D eigenvalue weighted by Gasteiger charge is 2.10. The van der Waals surface area contributed by atoms with Crippen LogP contribution in [0.15, 0.2) is 48.8 Å². The normalized spacial score (nSPS) is 12.6. The van der Waals surface area contributed by atoms with Crippen LogP contribution >= 0.6 is 11.6 Å². The zero-order chi connectivity index (χ0) is 15.1. The van der Waals surface area contributed by atoms with Gasteiger partial charge in [0.1, 0.15) is 0 Å². The summed E-state index contributed by atoms with van der Waals surface area (Å²) in [5, 5.41) is 10.9. The van der Waals surface area contributed by atoms with E-state index in [1.807, 2.05) is 48.8 Å². The highest BCUT2D eigenvalue weighted by atomic mass is 35.5. The molecule has 2 rings (SSSR count). The van der Waals surface area contributed by atoms with Crippen LogP contribution in [0, 0.1) is 0 Å². The molecule has 1 heterocycles. The Kier molecular flexibility index (Phi) is 6.18. The number of halogens is 1. The average Bonchev–Trinajstić information content (AvgIpc) is 2.52. The van der Waals surface area contributed by atoms with Crippen LogP contribution in [0.2, 0.25) is 5.02 Å². The van der Waals surface area contributed by atoms with Crippen molar-refractivity contribution in [3.8, 4) is 0 Å². The largest absolute Gasteiger partial charge is 0.388 e. The standard InChI is InChI=1S/C17H21ClN2O/c1-2-20(13-14-7-10-19-11-8-14)12-9-17(21)15-3-5-16(18)6-4-15/h3-8,10-11,17,21H,2,9,12-13H2,1H3. The second-order valence-corrected chi connectivity index (χ2v) is 5.52. The van der Waals surface area contributed by atoms with Crippen LogP contribution in [0.5, 0.6) is 0 Å². The smallest absolute Gasteiger partial charge is 0.0802 e. The number of aromatic nitrogens is 1. The van der Waals surface area contributed by atoms with Crippen LogP contribution in [0.25, 0.3) is 0 Å². The molecule has 0 radical (unpaired) electrons. The fourth-order valence-corrected chi connectivity index (χ4v) is 2.38. The quantitative estimate of drug-likeness (QED) is 0.847. The number of aliphatic hydroxyl groups is 1. The Morgan fingerprint density at radius 2 is 1.81 bits per heavy atom. The van der Waals surface area contributed by atoms with E-state index in [9.17, 15) is 5.11 Å². The first-order valence-electron chi connectivity index (χ1n) is 7.24. The molecular formula is C17H21ClN2O. The highest BCUT2D eigenvalue weighted by molar-refractivity contribution is 6.30. The predicted molar refractivity (Wildman–Crippen MR) is 86.2 cm³/mol. The van der Waals surface area contributed by atoms with E-state index in [1.165, 1.54) is 5.56 Å². The molecule has 0 bridgehead atoms. The van der Waals surface area contributed by atoms with Crippen molar-refractivity contribution in [1.82, 2.24) is 9.88 Å². The first kappa shape index (κ1) is 16.0. The molecule has 1 aromatic carbocycles. The van der Waals surface area contributed by atoms with Gasteiger partial charge in [0.2, 0.25) is 0 Å². The average molecular weight is 305 g/mol. The monoisotopic (exact) mass is 304 g/mol. The molecule has 0 fully saturated rings. The highest BCUT2D eigenvalue weighted by Crippen LogP contribution is 2.19. The lowest BCUT2D eigenvalue weighted by Gasteiger charge is -2.22. The molecule has 0 aliphatic rings. The van der Waals surface area contributed by atoms with Crippen LogP contribution in [0.3, 0.4) is 0 Å². The summed E-state index contributed by atoms with van der Waals surface area (Å²) in [6.45, 7) is 4.82. The summed E-state index contributed by atoms with van der Waals surface area (Å²) in [4.78, 5) is 6.34. The predicted octanol–water partition coefficient (Wildman–Crippen LogP) is 3.68. The lowest BCUT2D eigenvalue weighted by molar-refractivity contribution is 0.141. The van der Waals surface area contributed by atoms with Gasteiger partial charge in [-0.15, -0.1) is 0 Å². The van der Waals surface area contributed by atoms with Crippen molar-refractivity contribution in [2.24, 2.45) is 0 Å². The second kappa shape index (κ2) is 8.13. The number of hydrogen-bond acceptors (Lipinski definition) is 3. The van der Waals surface area contributed by atoms with Crippen LogP contribution < -0.4 is 0 Å². The number of pyridine rings is 1. The van der Waals surface area contributed by atoms with E-state index in [-0.39, 0.29) is 0 Å². The van der Waals surface area contributed by atoms with Gasteiger partial charge in [0.15, 0.2) is 0 Å². The van der Waals surface area contributed by atoms with Gasteiger partial charge >= 0.3 is 0 Å². The van der Waals surface area contributed by atoms with Gasteiger partial charge in [0, 0.05) is 30.5 Å². The number of rotatable bonds is 7. The molecule has 0 saturated heterocycles. The zero-order valence-corrected chi connectivity index (χ0v) is 13.0. The maximum absolute atomic E-state index is 10.2. The van der Waals surface area contributed by atoms with Gasteiger partial charge in [-0.25, -0.2) is 0 Å². The van der Waals surface area contributed by atoms with Gasteiger partial charge in [0.25, 0.3) is 0 Å². The van der Waals surface area contributed by atoms with Crippen LogP contribution in [-0.2, 0) is 6.54 Å². The van der Waals surface area contributed by atoms with E-state index in [1.54, 1.807) is 0 Å². The van der Waals surface area contributed by atoms with Crippen molar-refractivity contribution in [2.45, 2.75) is 26.0 Å². The van der Waals surface area contributed by atoms with Gasteiger partial charge in [-0.05, 0) is 48.4 Å². The molecule has 4 heteroatoms. The molecule has 0 aliphatic heterocycles. The minimum absolute atomic E-state index is 0.450. The lowest BCUT2D eigenvalue weighted by Crippen LogP contribution is -2.25. The van der Waals surface area contributed by atoms with Crippen LogP contribution in [-0.4, -0.2) is 28.1 Å². The third kappa shape index (κ3) is 5.12. The van der Waals surface area contributed by atoms with Crippen LogP contribution in [0.1, 0.15) is 30.6 Å². The van der Waals surface area contributed by atoms with Crippen molar-refractivity contribution < 1.29 is 5.11 Å². The minimum atomic E-state index is -0.450. The molecule has 21 heavy (non-hydrogen) atoms. The molecular weight excluding hydrogens is 284 g/mol. The maximum atomic E-state index is 10.2. The zero-order valence-electron chi connectivity index (χ0n) is 12.2. The Hall–Kier alpha value is -1.42. The Balaban J connectivity index is 1.86. The van der Waals surface area contributed by atoms with Crippen molar-refractivity contribution >= 4 is 11.6 Å². The SMILES string of the molecule is CCN(CCC(O)c1ccc(Cl)cc1)Cc1ccncc1. The fourth-order valence-electron chi connectivity index (χ4n) is 2.25. The van der Waals surface area contributed by atoms with E-state index < -0.39 is 6.10 Å². The summed E-state index contributed by atoms with van der Waals surface area (Å²) in [5.41, 5.74) is 2.16. The van der Waals surface area contributed by atoms with Crippen LogP contribution in [0.4, 0.5) is 0 Å². The van der Waals surface area contributed by atoms with E-state index in [0.717, 1.165) is 25.2 Å². The lowest BCUT2D eigenvalue weighted by atomic mass is 10.1. The van der Waals surface area contributed by atoms with Gasteiger partial charge < -0.3 is 5.11 Å². The topological polar surface area (TPSA) is 36.4 Å². The van der Waals surface area contributed by atoms with Crippen molar-refractivity contribution in [3.63, 3.8) is 0 Å². The van der Waals surface area contributed by atoms with Gasteiger partial charge in [-0.1, -0.05) is 30.7 Å². The van der Waals surface area contributed by atoms with Gasteiger partial charge in [-0.2, -0.15) is 0 Å². The van der Waals surface area contributed by atoms with Crippen molar-refractivity contribution in [3.05, 3.63) is 64.9 Å². The third-order valence-corrected chi connectivity index (χ3v) is 3.83. The first-order chi connectivity index (χ1) is 10.2. The number of aliphatic hydroxyl groups excluding tert-OH is 1. The van der Waals surface area contributed by atoms with Crippen molar-refractivity contribution in [1.29, 1.82) is 0 Å². The Labute approximate surface area is 131 Å². The second-order valence-electron chi connectivity index (χ2n) is 5.08. The molecule has 1 N–H and O–H groups in total. The number of benzene rings is 1. The molecule has 1 atom stereocenters. The van der Waals surface area contributed by atoms with E-state index in [2.05, 4.69) is 16.8 Å². The Morgan fingerprint density at radius 1 is 1.14 bits per heavy atom. The number of nitrogens with zero attached hydrogens (tertiary/aromatic N) is 2. The summed E-state index contributed by atoms with van der Waals surface area (Å²) in [6, 6.07) is 11.4. The fraction of sp³-hybridized carbons (Fsp3) is 0.353. The third-order valence-electron chi connectivity index (χ3n) is 3.58. The molecule has 2 aromatic rings. The molecule has 1 aromatic heterocycles. The Morgan fingerprint density at radius 3 is 2.43 bits per heavy atom. The summed E-state index contributed by atoms with van der Waals surface area (Å²) < 4.78 is 0. The maximum Gasteiger partial charge on any atom is 0.0802 e. The molecule has 0 aliphatic carbocycles. The summed E-state index contributed by atoms with van der Waals surface area (Å²) in [5.74, 6) is 0. The summed E-state index contributed by atoms with van der Waals surface area (Å²) in [7, 11) is 0. The first-order valence-corrected chi connectivity index (χ1v) is 7.61. The van der Waals surface area contributed by atoms with E-state index in [0.29, 0.717) is 11.4 Å². The minimum Gasteiger partial charge on any atom is -0.388 e. The van der Waals surface area contributed by atoms with Gasteiger partial charge in [-0.3, -0.25) is 9.88 Å². The molecule has 3 nitrogen and oxygen atoms in total. The summed E-state index contributed by atoms with van der Waals surface area (Å²) in [6.07, 6.45) is 3.88. The van der Waals surface area contributed by atoms with E-state index >= 15 is 0 Å². The van der Waals surface area contributed by atoms with E-state index in [4.69, 9.17) is 11.6 Å².